The molecule has 2 aliphatic rings. The molecule has 2 nitrogen and oxygen atoms in total. The minimum atomic E-state index is -0.749. The first-order valence-electron chi connectivity index (χ1n) is 4.70. The summed E-state index contributed by atoms with van der Waals surface area (Å²) in [5, 5.41) is 20.2. The topological polar surface area (TPSA) is 40.5 Å². The second-order valence-electron chi connectivity index (χ2n) is 4.10. The van der Waals surface area contributed by atoms with Crippen LogP contribution in [-0.4, -0.2) is 32.9 Å². The summed E-state index contributed by atoms with van der Waals surface area (Å²) in [6, 6.07) is 0. The average molecular weight is 188 g/mol. The van der Waals surface area contributed by atoms with Crippen molar-refractivity contribution in [2.24, 2.45) is 0 Å². The predicted molar refractivity (Wildman–Crippen MR) is 50.3 cm³/mol. The number of hydrogen-bond acceptors (Lipinski definition) is 3. The maximum Gasteiger partial charge on any atom is 0.0898 e. The van der Waals surface area contributed by atoms with Crippen molar-refractivity contribution < 1.29 is 10.2 Å². The van der Waals surface area contributed by atoms with Crippen LogP contribution in [0.4, 0.5) is 0 Å². The van der Waals surface area contributed by atoms with E-state index in [2.05, 4.69) is 0 Å². The molecule has 0 aromatic rings. The standard InChI is InChI=1S/C9H16O2S/c10-6-9(11)4-7-2-1-3-8(5-9)12-7/h7-8,10-11H,1-6H2/t7-,8+,9?. The van der Waals surface area contributed by atoms with E-state index >= 15 is 0 Å². The van der Waals surface area contributed by atoms with Crippen molar-refractivity contribution in [2.75, 3.05) is 6.61 Å². The normalized spacial score (nSPS) is 47.5. The van der Waals surface area contributed by atoms with Crippen LogP contribution < -0.4 is 0 Å². The van der Waals surface area contributed by atoms with E-state index in [9.17, 15) is 5.11 Å². The molecule has 2 heterocycles. The van der Waals surface area contributed by atoms with Gasteiger partial charge in [-0.25, -0.2) is 0 Å². The Morgan fingerprint density at radius 1 is 1.25 bits per heavy atom. The highest BCUT2D eigenvalue weighted by Crippen LogP contribution is 2.45. The lowest BCUT2D eigenvalue weighted by atomic mass is 9.86. The van der Waals surface area contributed by atoms with Crippen LogP contribution in [0, 0.1) is 0 Å². The van der Waals surface area contributed by atoms with Gasteiger partial charge in [-0.15, -0.1) is 0 Å². The molecular formula is C9H16O2S. The molecule has 0 saturated carbocycles. The van der Waals surface area contributed by atoms with E-state index < -0.39 is 5.60 Å². The molecule has 2 bridgehead atoms. The third-order valence-electron chi connectivity index (χ3n) is 2.95. The molecule has 0 aromatic carbocycles. The highest BCUT2D eigenvalue weighted by molar-refractivity contribution is 8.00. The Morgan fingerprint density at radius 2 is 1.83 bits per heavy atom. The van der Waals surface area contributed by atoms with Gasteiger partial charge < -0.3 is 10.2 Å². The summed E-state index contributed by atoms with van der Waals surface area (Å²) in [5.41, 5.74) is -0.749. The average Bonchev–Trinajstić information content (AvgIpc) is 2.03. The summed E-state index contributed by atoms with van der Waals surface area (Å²) in [6.45, 7) is -0.0550. The van der Waals surface area contributed by atoms with Crippen LogP contribution in [0.3, 0.4) is 0 Å². The minimum absolute atomic E-state index is 0.0550. The van der Waals surface area contributed by atoms with Crippen LogP contribution in [0.25, 0.3) is 0 Å². The van der Waals surface area contributed by atoms with Crippen LogP contribution in [0.2, 0.25) is 0 Å². The fraction of sp³-hybridized carbons (Fsp3) is 1.00. The van der Waals surface area contributed by atoms with E-state index in [4.69, 9.17) is 5.11 Å². The molecule has 2 aliphatic heterocycles. The van der Waals surface area contributed by atoms with Gasteiger partial charge in [0.1, 0.15) is 0 Å². The molecule has 0 amide bonds. The van der Waals surface area contributed by atoms with E-state index in [1.54, 1.807) is 0 Å². The fourth-order valence-electron chi connectivity index (χ4n) is 2.34. The van der Waals surface area contributed by atoms with E-state index in [0.29, 0.717) is 10.5 Å². The predicted octanol–water partition coefficient (Wildman–Crippen LogP) is 1.16. The first kappa shape index (κ1) is 8.85. The Morgan fingerprint density at radius 3 is 2.33 bits per heavy atom. The van der Waals surface area contributed by atoms with Crippen LogP contribution in [0.1, 0.15) is 32.1 Å². The molecule has 2 N–H and O–H groups in total. The van der Waals surface area contributed by atoms with Gasteiger partial charge in [-0.3, -0.25) is 0 Å². The van der Waals surface area contributed by atoms with Gasteiger partial charge in [0.25, 0.3) is 0 Å². The highest BCUT2D eigenvalue weighted by Gasteiger charge is 2.40. The maximum atomic E-state index is 9.92. The van der Waals surface area contributed by atoms with Gasteiger partial charge in [-0.1, -0.05) is 6.42 Å². The molecular weight excluding hydrogens is 172 g/mol. The maximum absolute atomic E-state index is 9.92. The number of fused-ring (bicyclic) bond motifs is 2. The lowest BCUT2D eigenvalue weighted by Crippen LogP contribution is -2.45. The van der Waals surface area contributed by atoms with Crippen molar-refractivity contribution in [3.05, 3.63) is 0 Å². The number of thioether (sulfide) groups is 1. The number of aliphatic hydroxyl groups excluding tert-OH is 1. The van der Waals surface area contributed by atoms with Gasteiger partial charge in [0.2, 0.25) is 0 Å². The third-order valence-corrected chi connectivity index (χ3v) is 4.52. The number of aliphatic hydroxyl groups is 2. The number of rotatable bonds is 1. The molecule has 3 atom stereocenters. The largest absolute Gasteiger partial charge is 0.393 e. The monoisotopic (exact) mass is 188 g/mol. The van der Waals surface area contributed by atoms with Crippen LogP contribution in [0.5, 0.6) is 0 Å². The lowest BCUT2D eigenvalue weighted by molar-refractivity contribution is -0.0351. The fourth-order valence-corrected chi connectivity index (χ4v) is 4.30. The quantitative estimate of drug-likeness (QED) is 0.648. The molecule has 1 unspecified atom stereocenters. The van der Waals surface area contributed by atoms with E-state index in [1.165, 1.54) is 19.3 Å². The second kappa shape index (κ2) is 3.20. The smallest absolute Gasteiger partial charge is 0.0898 e. The molecule has 0 spiro atoms. The molecule has 2 saturated heterocycles. The summed E-state index contributed by atoms with van der Waals surface area (Å²) in [4.78, 5) is 0. The van der Waals surface area contributed by atoms with Gasteiger partial charge in [-0.05, 0) is 25.7 Å². The Bertz CT molecular complexity index is 160. The van der Waals surface area contributed by atoms with Crippen molar-refractivity contribution in [1.82, 2.24) is 0 Å². The van der Waals surface area contributed by atoms with Crippen molar-refractivity contribution >= 4 is 11.8 Å². The van der Waals surface area contributed by atoms with Crippen LogP contribution >= 0.6 is 11.8 Å². The zero-order valence-corrected chi connectivity index (χ0v) is 8.02. The Hall–Kier alpha value is 0.270. The van der Waals surface area contributed by atoms with Crippen molar-refractivity contribution in [2.45, 2.75) is 48.2 Å². The Labute approximate surface area is 77.4 Å². The lowest BCUT2D eigenvalue weighted by Gasteiger charge is -2.42. The van der Waals surface area contributed by atoms with Gasteiger partial charge in [-0.2, -0.15) is 11.8 Å². The van der Waals surface area contributed by atoms with Crippen molar-refractivity contribution in [3.8, 4) is 0 Å². The third kappa shape index (κ3) is 1.63. The zero-order valence-electron chi connectivity index (χ0n) is 7.20. The van der Waals surface area contributed by atoms with Gasteiger partial charge in [0.15, 0.2) is 0 Å². The zero-order chi connectivity index (χ0) is 8.60. The molecule has 70 valence electrons. The van der Waals surface area contributed by atoms with Crippen LogP contribution in [-0.2, 0) is 0 Å². The summed E-state index contributed by atoms with van der Waals surface area (Å²) in [7, 11) is 0. The van der Waals surface area contributed by atoms with Crippen LogP contribution in [0.15, 0.2) is 0 Å². The van der Waals surface area contributed by atoms with E-state index in [-0.39, 0.29) is 6.61 Å². The van der Waals surface area contributed by atoms with Gasteiger partial charge in [0.05, 0.1) is 12.2 Å². The Kier molecular flexibility index (Phi) is 2.36. The molecule has 2 rings (SSSR count). The molecule has 0 aromatic heterocycles. The molecule has 2 fully saturated rings. The number of hydrogen-bond donors (Lipinski definition) is 2. The molecule has 0 aliphatic carbocycles. The van der Waals surface area contributed by atoms with Gasteiger partial charge in [0, 0.05) is 10.5 Å². The summed E-state index contributed by atoms with van der Waals surface area (Å²) < 4.78 is 0. The van der Waals surface area contributed by atoms with E-state index in [1.807, 2.05) is 11.8 Å². The summed E-state index contributed by atoms with van der Waals surface area (Å²) in [5.74, 6) is 0. The first-order chi connectivity index (χ1) is 5.72. The molecule has 0 radical (unpaired) electrons. The molecule has 3 heteroatoms. The second-order valence-corrected chi connectivity index (χ2v) is 5.71. The van der Waals surface area contributed by atoms with Gasteiger partial charge >= 0.3 is 0 Å². The summed E-state index contributed by atoms with van der Waals surface area (Å²) in [6.07, 6.45) is 5.35. The van der Waals surface area contributed by atoms with Crippen molar-refractivity contribution in [3.63, 3.8) is 0 Å². The van der Waals surface area contributed by atoms with E-state index in [0.717, 1.165) is 12.8 Å². The SMILES string of the molecule is OCC1(O)C[C@H]2CCC[C@@H](C1)S2. The van der Waals surface area contributed by atoms with Crippen molar-refractivity contribution in [1.29, 1.82) is 0 Å². The summed E-state index contributed by atoms with van der Waals surface area (Å²) >= 11 is 2.02. The minimum Gasteiger partial charge on any atom is -0.393 e. The Balaban J connectivity index is 2.05. The molecule has 12 heavy (non-hydrogen) atoms. The highest BCUT2D eigenvalue weighted by atomic mass is 32.2. The first-order valence-corrected chi connectivity index (χ1v) is 5.65.